The van der Waals surface area contributed by atoms with E-state index in [9.17, 15) is 9.90 Å². The van der Waals surface area contributed by atoms with E-state index in [0.29, 0.717) is 0 Å². The van der Waals surface area contributed by atoms with Crippen LogP contribution < -0.4 is 5.73 Å². The summed E-state index contributed by atoms with van der Waals surface area (Å²) in [6, 6.07) is 4.70. The number of carbonyl (C=O) groups is 1. The molecule has 0 aliphatic carbocycles. The Morgan fingerprint density at radius 2 is 2.19 bits per heavy atom. The predicted octanol–water partition coefficient (Wildman–Crippen LogP) is 0.892. The third-order valence-electron chi connectivity index (χ3n) is 2.30. The van der Waals surface area contributed by atoms with Crippen molar-refractivity contribution in [1.82, 2.24) is 9.78 Å². The van der Waals surface area contributed by atoms with Gasteiger partial charge in [0.15, 0.2) is 0 Å². The molecular weight excluding hydrogens is 206 g/mol. The van der Waals surface area contributed by atoms with Crippen LogP contribution in [0.2, 0.25) is 0 Å². The highest BCUT2D eigenvalue weighted by atomic mass is 16.3. The third-order valence-corrected chi connectivity index (χ3v) is 2.30. The molecule has 0 atom stereocenters. The molecule has 82 valence electrons. The van der Waals surface area contributed by atoms with Crippen molar-refractivity contribution in [1.29, 1.82) is 0 Å². The molecule has 0 aliphatic heterocycles. The van der Waals surface area contributed by atoms with Gasteiger partial charge >= 0.3 is 0 Å². The van der Waals surface area contributed by atoms with E-state index >= 15 is 0 Å². The Balaban J connectivity index is 2.51. The summed E-state index contributed by atoms with van der Waals surface area (Å²) < 4.78 is 1.66. The zero-order chi connectivity index (χ0) is 11.7. The Kier molecular flexibility index (Phi) is 2.36. The fourth-order valence-electron chi connectivity index (χ4n) is 1.48. The first kappa shape index (κ1) is 10.2. The highest BCUT2D eigenvalue weighted by Crippen LogP contribution is 2.25. The topological polar surface area (TPSA) is 81.1 Å². The van der Waals surface area contributed by atoms with Crippen molar-refractivity contribution in [3.63, 3.8) is 0 Å². The summed E-state index contributed by atoms with van der Waals surface area (Å²) in [5, 5.41) is 13.5. The minimum absolute atomic E-state index is 0.111. The number of nitrogens with two attached hydrogens (primary N) is 1. The number of benzene rings is 1. The van der Waals surface area contributed by atoms with Gasteiger partial charge < -0.3 is 10.8 Å². The number of aromatic nitrogens is 2. The second-order valence-electron chi connectivity index (χ2n) is 3.50. The number of hydrogen-bond donors (Lipinski definition) is 2. The van der Waals surface area contributed by atoms with Crippen LogP contribution in [-0.4, -0.2) is 20.8 Å². The first-order valence-electron chi connectivity index (χ1n) is 4.70. The highest BCUT2D eigenvalue weighted by Gasteiger charge is 2.09. The van der Waals surface area contributed by atoms with Gasteiger partial charge in [-0.3, -0.25) is 9.48 Å². The van der Waals surface area contributed by atoms with Crippen LogP contribution in [0.1, 0.15) is 10.4 Å². The monoisotopic (exact) mass is 217 g/mol. The van der Waals surface area contributed by atoms with Gasteiger partial charge in [0.05, 0.1) is 11.8 Å². The van der Waals surface area contributed by atoms with Crippen molar-refractivity contribution in [2.75, 3.05) is 0 Å². The third kappa shape index (κ3) is 1.75. The summed E-state index contributed by atoms with van der Waals surface area (Å²) in [7, 11) is 1.80. The molecule has 0 unspecified atom stereocenters. The van der Waals surface area contributed by atoms with Crippen molar-refractivity contribution in [2.24, 2.45) is 12.8 Å². The number of nitrogens with zero attached hydrogens (tertiary/aromatic N) is 2. The van der Waals surface area contributed by atoms with Gasteiger partial charge in [0, 0.05) is 18.8 Å². The van der Waals surface area contributed by atoms with Gasteiger partial charge in [-0.2, -0.15) is 5.10 Å². The van der Waals surface area contributed by atoms with Crippen molar-refractivity contribution in [2.45, 2.75) is 0 Å². The molecule has 0 radical (unpaired) electrons. The number of hydrogen-bond acceptors (Lipinski definition) is 3. The average molecular weight is 217 g/mol. The van der Waals surface area contributed by atoms with Crippen LogP contribution in [0.5, 0.6) is 5.75 Å². The second-order valence-corrected chi connectivity index (χ2v) is 3.50. The average Bonchev–Trinajstić information content (AvgIpc) is 2.65. The number of carbonyl (C=O) groups excluding carboxylic acids is 1. The minimum atomic E-state index is -0.650. The maximum Gasteiger partial charge on any atom is 0.252 e. The Morgan fingerprint density at radius 1 is 1.44 bits per heavy atom. The molecule has 5 nitrogen and oxygen atoms in total. The molecule has 2 rings (SSSR count). The summed E-state index contributed by atoms with van der Waals surface area (Å²) in [5.74, 6) is -0.761. The maximum absolute atomic E-state index is 11.1. The molecule has 0 aliphatic rings. The summed E-state index contributed by atoms with van der Waals surface area (Å²) >= 11 is 0. The molecule has 0 spiro atoms. The van der Waals surface area contributed by atoms with Crippen LogP contribution in [0.3, 0.4) is 0 Å². The highest BCUT2D eigenvalue weighted by molar-refractivity contribution is 5.96. The van der Waals surface area contributed by atoms with Crippen LogP contribution in [0.4, 0.5) is 0 Å². The van der Waals surface area contributed by atoms with Crippen LogP contribution in [-0.2, 0) is 7.05 Å². The van der Waals surface area contributed by atoms with Gasteiger partial charge in [0.1, 0.15) is 5.75 Å². The lowest BCUT2D eigenvalue weighted by Gasteiger charge is -2.02. The van der Waals surface area contributed by atoms with Crippen LogP contribution in [0.15, 0.2) is 30.6 Å². The number of aryl methyl sites for hydroxylation is 1. The van der Waals surface area contributed by atoms with Crippen molar-refractivity contribution in [3.05, 3.63) is 36.2 Å². The molecule has 1 aromatic carbocycles. The largest absolute Gasteiger partial charge is 0.507 e. The van der Waals surface area contributed by atoms with E-state index in [1.54, 1.807) is 30.1 Å². The smallest absolute Gasteiger partial charge is 0.252 e. The van der Waals surface area contributed by atoms with Gasteiger partial charge in [-0.15, -0.1) is 0 Å². The fraction of sp³-hybridized carbons (Fsp3) is 0.0909. The molecule has 0 bridgehead atoms. The standard InChI is InChI=1S/C11H11N3O2/c1-14-6-8(5-13-14)7-2-3-10(15)9(4-7)11(12)16/h2-6,15H,1H3,(H2,12,16). The minimum Gasteiger partial charge on any atom is -0.507 e. The Bertz CT molecular complexity index is 546. The van der Waals surface area contributed by atoms with E-state index in [1.807, 2.05) is 6.20 Å². The fourth-order valence-corrected chi connectivity index (χ4v) is 1.48. The Hall–Kier alpha value is -2.30. The number of primary amides is 1. The molecular formula is C11H11N3O2. The van der Waals surface area contributed by atoms with E-state index in [0.717, 1.165) is 11.1 Å². The van der Waals surface area contributed by atoms with E-state index < -0.39 is 5.91 Å². The van der Waals surface area contributed by atoms with E-state index in [-0.39, 0.29) is 11.3 Å². The lowest BCUT2D eigenvalue weighted by molar-refractivity contribution is 0.0998. The number of phenols is 1. The zero-order valence-electron chi connectivity index (χ0n) is 8.71. The van der Waals surface area contributed by atoms with Crippen molar-refractivity contribution >= 4 is 5.91 Å². The molecule has 1 amide bonds. The number of rotatable bonds is 2. The van der Waals surface area contributed by atoms with Gasteiger partial charge in [-0.05, 0) is 17.7 Å². The molecule has 16 heavy (non-hydrogen) atoms. The maximum atomic E-state index is 11.1. The summed E-state index contributed by atoms with van der Waals surface area (Å²) in [5.41, 5.74) is 6.92. The molecule has 1 aromatic heterocycles. The first-order chi connectivity index (χ1) is 7.58. The van der Waals surface area contributed by atoms with Crippen LogP contribution >= 0.6 is 0 Å². The molecule has 0 saturated heterocycles. The second kappa shape index (κ2) is 3.69. The SMILES string of the molecule is Cn1cc(-c2ccc(O)c(C(N)=O)c2)cn1. The van der Waals surface area contributed by atoms with Crippen LogP contribution in [0.25, 0.3) is 11.1 Å². The first-order valence-corrected chi connectivity index (χ1v) is 4.70. The van der Waals surface area contributed by atoms with E-state index in [2.05, 4.69) is 5.10 Å². The van der Waals surface area contributed by atoms with Crippen molar-refractivity contribution in [3.8, 4) is 16.9 Å². The predicted molar refractivity (Wildman–Crippen MR) is 58.8 cm³/mol. The molecule has 5 heteroatoms. The van der Waals surface area contributed by atoms with E-state index in [1.165, 1.54) is 6.07 Å². The number of aromatic hydroxyl groups is 1. The normalized spacial score (nSPS) is 10.3. The van der Waals surface area contributed by atoms with Gasteiger partial charge in [0.25, 0.3) is 5.91 Å². The Morgan fingerprint density at radius 3 is 2.75 bits per heavy atom. The van der Waals surface area contributed by atoms with E-state index in [4.69, 9.17) is 5.73 Å². The molecule has 1 heterocycles. The molecule has 0 saturated carbocycles. The van der Waals surface area contributed by atoms with Crippen molar-refractivity contribution < 1.29 is 9.90 Å². The van der Waals surface area contributed by atoms with Gasteiger partial charge in [-0.25, -0.2) is 0 Å². The summed E-state index contributed by atoms with van der Waals surface area (Å²) in [4.78, 5) is 11.1. The number of amides is 1. The van der Waals surface area contributed by atoms with Gasteiger partial charge in [-0.1, -0.05) is 6.07 Å². The quantitative estimate of drug-likeness (QED) is 0.783. The molecule has 0 fully saturated rings. The summed E-state index contributed by atoms with van der Waals surface area (Å²) in [6.07, 6.45) is 3.49. The molecule has 2 aromatic rings. The molecule has 3 N–H and O–H groups in total. The lowest BCUT2D eigenvalue weighted by Crippen LogP contribution is -2.11. The lowest BCUT2D eigenvalue weighted by atomic mass is 10.1. The van der Waals surface area contributed by atoms with Crippen LogP contribution in [0, 0.1) is 0 Å². The Labute approximate surface area is 92.1 Å². The zero-order valence-corrected chi connectivity index (χ0v) is 8.71. The summed E-state index contributed by atoms with van der Waals surface area (Å²) in [6.45, 7) is 0. The van der Waals surface area contributed by atoms with Gasteiger partial charge in [0.2, 0.25) is 0 Å².